The number of aliphatic carboxylic acids is 1. The molecule has 1 N–H and O–H groups in total. The molecule has 24 heavy (non-hydrogen) atoms. The zero-order valence-electron chi connectivity index (χ0n) is 13.2. The number of hydrogen-bond donors (Lipinski definition) is 1. The minimum absolute atomic E-state index is 0.00836. The molecule has 8 nitrogen and oxygen atoms in total. The van der Waals surface area contributed by atoms with E-state index in [1.54, 1.807) is 0 Å². The maximum absolute atomic E-state index is 11.8. The Kier molecular flexibility index (Phi) is 12.8. The summed E-state index contributed by atoms with van der Waals surface area (Å²) in [7, 11) is -4.80. The fourth-order valence-electron chi connectivity index (χ4n) is 2.01. The van der Waals surface area contributed by atoms with Crippen LogP contribution >= 0.6 is 0 Å². The largest absolute Gasteiger partial charge is 0.481 e. The van der Waals surface area contributed by atoms with Crippen molar-refractivity contribution >= 4 is 43.3 Å². The van der Waals surface area contributed by atoms with Crippen molar-refractivity contribution in [2.24, 2.45) is 5.92 Å². The van der Waals surface area contributed by atoms with Crippen LogP contribution in [0.5, 0.6) is 0 Å². The maximum atomic E-state index is 11.8. The Balaban J connectivity index is 4.25. The molecule has 0 rings (SSSR count). The molecule has 0 saturated carbocycles. The van der Waals surface area contributed by atoms with E-state index in [1.165, 1.54) is 0 Å². The fraction of sp³-hybridized carbons (Fsp3) is 0.714. The SMILES string of the molecule is O=C(O)CCCCCCCC(CC=S(=O)=O)C(=O)OCC=S(=O)=O. The number of esters is 1. The van der Waals surface area contributed by atoms with Gasteiger partial charge in [0.25, 0.3) is 0 Å². The summed E-state index contributed by atoms with van der Waals surface area (Å²) in [5, 5.41) is 10.3. The molecule has 1 atom stereocenters. The number of rotatable bonds is 13. The molecule has 138 valence electrons. The smallest absolute Gasteiger partial charge is 0.309 e. The first kappa shape index (κ1) is 22.3. The molecule has 0 bridgehead atoms. The van der Waals surface area contributed by atoms with Gasteiger partial charge in [0.05, 0.1) is 11.3 Å². The Hall–Kier alpha value is -1.68. The van der Waals surface area contributed by atoms with Gasteiger partial charge in [0.1, 0.15) is 6.61 Å². The number of hydrogen-bond acceptors (Lipinski definition) is 7. The lowest BCUT2D eigenvalue weighted by Gasteiger charge is -2.12. The predicted octanol–water partition coefficient (Wildman–Crippen LogP) is 0.714. The summed E-state index contributed by atoms with van der Waals surface area (Å²) >= 11 is 0. The number of ether oxygens (including phenoxy) is 1. The molecular weight excluding hydrogens is 360 g/mol. The van der Waals surface area contributed by atoms with Crippen molar-refractivity contribution in [2.75, 3.05) is 6.61 Å². The Bertz CT molecular complexity index is 645. The third kappa shape index (κ3) is 13.9. The van der Waals surface area contributed by atoms with Crippen LogP contribution in [0.4, 0.5) is 0 Å². The average Bonchev–Trinajstić information content (AvgIpc) is 2.48. The summed E-state index contributed by atoms with van der Waals surface area (Å²) in [5.74, 6) is -2.10. The Morgan fingerprint density at radius 3 is 2.08 bits per heavy atom. The molecule has 0 heterocycles. The van der Waals surface area contributed by atoms with Crippen LogP contribution in [0, 0.1) is 5.92 Å². The first-order valence-corrected chi connectivity index (χ1v) is 9.81. The van der Waals surface area contributed by atoms with E-state index >= 15 is 0 Å². The molecule has 0 aromatic heterocycles. The van der Waals surface area contributed by atoms with Crippen molar-refractivity contribution in [1.82, 2.24) is 0 Å². The van der Waals surface area contributed by atoms with Crippen molar-refractivity contribution in [3.8, 4) is 0 Å². The van der Waals surface area contributed by atoms with E-state index in [-0.39, 0.29) is 19.4 Å². The zero-order valence-corrected chi connectivity index (χ0v) is 14.9. The summed E-state index contributed by atoms with van der Waals surface area (Å²) in [6.45, 7) is -0.374. The van der Waals surface area contributed by atoms with Gasteiger partial charge in [0.2, 0.25) is 20.6 Å². The van der Waals surface area contributed by atoms with Crippen LogP contribution in [0.2, 0.25) is 0 Å². The molecule has 10 heteroatoms. The highest BCUT2D eigenvalue weighted by Crippen LogP contribution is 2.16. The third-order valence-corrected chi connectivity index (χ3v) is 4.10. The molecule has 0 radical (unpaired) electrons. The van der Waals surface area contributed by atoms with Gasteiger partial charge in [0, 0.05) is 11.8 Å². The van der Waals surface area contributed by atoms with Crippen LogP contribution < -0.4 is 0 Å². The quantitative estimate of drug-likeness (QED) is 0.280. The van der Waals surface area contributed by atoms with Crippen molar-refractivity contribution in [3.05, 3.63) is 0 Å². The van der Waals surface area contributed by atoms with E-state index in [0.29, 0.717) is 19.3 Å². The van der Waals surface area contributed by atoms with Gasteiger partial charge in [-0.2, -0.15) is 16.8 Å². The molecule has 0 aliphatic rings. The van der Waals surface area contributed by atoms with E-state index in [4.69, 9.17) is 9.84 Å². The first-order chi connectivity index (χ1) is 11.3. The maximum Gasteiger partial charge on any atom is 0.309 e. The summed E-state index contributed by atoms with van der Waals surface area (Å²) in [6, 6.07) is 0. The second-order valence-corrected chi connectivity index (χ2v) is 6.83. The highest BCUT2D eigenvalue weighted by Gasteiger charge is 2.18. The molecule has 0 aromatic carbocycles. The van der Waals surface area contributed by atoms with Crippen LogP contribution in [-0.2, 0) is 34.9 Å². The summed E-state index contributed by atoms with van der Waals surface area (Å²) in [5.41, 5.74) is 0. The molecule has 0 aromatic rings. The van der Waals surface area contributed by atoms with Gasteiger partial charge < -0.3 is 9.84 Å². The van der Waals surface area contributed by atoms with Crippen LogP contribution in [0.1, 0.15) is 51.4 Å². The Morgan fingerprint density at radius 1 is 0.917 bits per heavy atom. The van der Waals surface area contributed by atoms with Gasteiger partial charge in [-0.15, -0.1) is 0 Å². The van der Waals surface area contributed by atoms with Gasteiger partial charge in [-0.25, -0.2) is 0 Å². The summed E-state index contributed by atoms with van der Waals surface area (Å²) in [6.07, 6.45) is 4.24. The minimum Gasteiger partial charge on any atom is -0.481 e. The predicted molar refractivity (Wildman–Crippen MR) is 89.0 cm³/mol. The second kappa shape index (κ2) is 13.7. The molecule has 0 spiro atoms. The van der Waals surface area contributed by atoms with Gasteiger partial charge in [-0.3, -0.25) is 9.59 Å². The van der Waals surface area contributed by atoms with Gasteiger partial charge in [-0.05, 0) is 19.3 Å². The monoisotopic (exact) mass is 382 g/mol. The summed E-state index contributed by atoms with van der Waals surface area (Å²) in [4.78, 5) is 22.2. The molecular formula is C14H22O8S2. The highest BCUT2D eigenvalue weighted by atomic mass is 32.2. The van der Waals surface area contributed by atoms with E-state index in [1.807, 2.05) is 0 Å². The topological polar surface area (TPSA) is 132 Å². The van der Waals surface area contributed by atoms with Crippen molar-refractivity contribution in [1.29, 1.82) is 0 Å². The van der Waals surface area contributed by atoms with Gasteiger partial charge in [-0.1, -0.05) is 25.7 Å². The minimum atomic E-state index is -2.42. The van der Waals surface area contributed by atoms with Crippen LogP contribution in [0.25, 0.3) is 0 Å². The number of unbranched alkanes of at least 4 members (excludes halogenated alkanes) is 4. The lowest BCUT2D eigenvalue weighted by molar-refractivity contribution is -0.146. The lowest BCUT2D eigenvalue weighted by atomic mass is 9.98. The van der Waals surface area contributed by atoms with Gasteiger partial charge >= 0.3 is 11.9 Å². The number of carbonyl (C=O) groups excluding carboxylic acids is 1. The van der Waals surface area contributed by atoms with Crippen molar-refractivity contribution < 1.29 is 36.3 Å². The number of carbonyl (C=O) groups is 2. The normalized spacial score (nSPS) is 11.3. The number of carboxylic acids is 1. The molecule has 0 aliphatic heterocycles. The fourth-order valence-corrected chi connectivity index (χ4v) is 2.58. The Morgan fingerprint density at radius 2 is 1.50 bits per heavy atom. The average molecular weight is 382 g/mol. The van der Waals surface area contributed by atoms with Crippen LogP contribution in [0.3, 0.4) is 0 Å². The number of carboxylic acid groups (broad SMARTS) is 1. The highest BCUT2D eigenvalue weighted by molar-refractivity contribution is 7.71. The van der Waals surface area contributed by atoms with Crippen LogP contribution in [0.15, 0.2) is 0 Å². The van der Waals surface area contributed by atoms with E-state index in [9.17, 15) is 26.4 Å². The third-order valence-electron chi connectivity index (χ3n) is 3.22. The zero-order chi connectivity index (χ0) is 18.4. The van der Waals surface area contributed by atoms with E-state index < -0.39 is 38.4 Å². The van der Waals surface area contributed by atoms with Crippen LogP contribution in [-0.4, -0.2) is 51.2 Å². The second-order valence-electron chi connectivity index (χ2n) is 5.12. The van der Waals surface area contributed by atoms with E-state index in [2.05, 4.69) is 0 Å². The standard InChI is InChI=1S/C14H22O8S2/c15-13(16)7-5-3-1-2-4-6-12(8-10-23(18)19)14(17)22-9-11-24(20)21/h10-12H,1-9H2,(H,15,16). The molecule has 0 amide bonds. The van der Waals surface area contributed by atoms with Crippen molar-refractivity contribution in [2.45, 2.75) is 51.4 Å². The summed E-state index contributed by atoms with van der Waals surface area (Å²) < 4.78 is 46.6. The first-order valence-electron chi connectivity index (χ1n) is 7.54. The molecule has 0 aliphatic carbocycles. The Labute approximate surface area is 143 Å². The molecule has 0 saturated heterocycles. The lowest BCUT2D eigenvalue weighted by Crippen LogP contribution is -2.19. The van der Waals surface area contributed by atoms with E-state index in [0.717, 1.165) is 30.0 Å². The van der Waals surface area contributed by atoms with Gasteiger partial charge in [0.15, 0.2) is 0 Å². The molecule has 0 fully saturated rings. The van der Waals surface area contributed by atoms with Crippen molar-refractivity contribution in [3.63, 3.8) is 0 Å². The molecule has 1 unspecified atom stereocenters.